The van der Waals surface area contributed by atoms with Gasteiger partial charge in [-0.3, -0.25) is 0 Å². The Labute approximate surface area is 137 Å². The van der Waals surface area contributed by atoms with Gasteiger partial charge in [0.1, 0.15) is 0 Å². The molecule has 2 unspecified atom stereocenters. The van der Waals surface area contributed by atoms with E-state index in [-0.39, 0.29) is 11.5 Å². The van der Waals surface area contributed by atoms with Gasteiger partial charge in [0.05, 0.1) is 6.10 Å². The monoisotopic (exact) mass is 304 g/mol. The lowest BCUT2D eigenvalue weighted by molar-refractivity contribution is -0.131. The van der Waals surface area contributed by atoms with Crippen molar-refractivity contribution in [3.63, 3.8) is 0 Å². The molecule has 5 fully saturated rings. The molecule has 1 heteroatoms. The molecule has 5 rings (SSSR count). The first kappa shape index (κ1) is 15.5. The highest BCUT2D eigenvalue weighted by Crippen LogP contribution is 2.72. The van der Waals surface area contributed by atoms with Crippen LogP contribution >= 0.6 is 0 Å². The van der Waals surface area contributed by atoms with Crippen molar-refractivity contribution in [2.75, 3.05) is 0 Å². The summed E-state index contributed by atoms with van der Waals surface area (Å²) in [6.07, 6.45) is 11.4. The average molecular weight is 305 g/mol. The van der Waals surface area contributed by atoms with E-state index >= 15 is 0 Å². The van der Waals surface area contributed by atoms with Crippen molar-refractivity contribution in [1.82, 2.24) is 0 Å². The van der Waals surface area contributed by atoms with Gasteiger partial charge in [-0.25, -0.2) is 0 Å². The minimum atomic E-state index is -0.0805. The second kappa shape index (κ2) is 4.98. The van der Waals surface area contributed by atoms with Gasteiger partial charge in [0, 0.05) is 0 Å². The molecule has 0 aromatic heterocycles. The first-order valence-electron chi connectivity index (χ1n) is 10.1. The van der Waals surface area contributed by atoms with Crippen molar-refractivity contribution >= 4 is 0 Å². The predicted molar refractivity (Wildman–Crippen MR) is 91.4 cm³/mol. The van der Waals surface area contributed by atoms with Crippen molar-refractivity contribution in [3.05, 3.63) is 0 Å². The highest BCUT2D eigenvalue weighted by atomic mass is 16.3. The van der Waals surface area contributed by atoms with Gasteiger partial charge in [-0.15, -0.1) is 0 Å². The maximum absolute atomic E-state index is 11.0. The van der Waals surface area contributed by atoms with E-state index in [1.807, 2.05) is 0 Å². The van der Waals surface area contributed by atoms with Gasteiger partial charge >= 0.3 is 0 Å². The smallest absolute Gasteiger partial charge is 0.0622 e. The first-order valence-corrected chi connectivity index (χ1v) is 10.1. The fraction of sp³-hybridized carbons (Fsp3) is 1.00. The van der Waals surface area contributed by atoms with E-state index in [4.69, 9.17) is 0 Å². The molecule has 5 aliphatic rings. The molecule has 0 heterocycles. The third-order valence-corrected chi connectivity index (χ3v) is 8.92. The Morgan fingerprint density at radius 2 is 1.50 bits per heavy atom. The van der Waals surface area contributed by atoms with Crippen LogP contribution < -0.4 is 0 Å². The Morgan fingerprint density at radius 3 is 1.95 bits per heavy atom. The lowest BCUT2D eigenvalue weighted by atomic mass is 9.43. The van der Waals surface area contributed by atoms with Crippen LogP contribution in [-0.2, 0) is 0 Å². The van der Waals surface area contributed by atoms with E-state index in [0.29, 0.717) is 11.3 Å². The molecule has 1 N–H and O–H groups in total. The van der Waals surface area contributed by atoms with E-state index in [9.17, 15) is 5.11 Å². The molecule has 5 saturated carbocycles. The first-order chi connectivity index (χ1) is 10.4. The molecule has 3 atom stereocenters. The number of hydrogen-bond donors (Lipinski definition) is 1. The summed E-state index contributed by atoms with van der Waals surface area (Å²) in [5.74, 6) is 5.58. The maximum Gasteiger partial charge on any atom is 0.0622 e. The second-order valence-electron chi connectivity index (χ2n) is 10.1. The maximum atomic E-state index is 11.0. The third-order valence-electron chi connectivity index (χ3n) is 8.92. The van der Waals surface area contributed by atoms with Crippen LogP contribution in [0.15, 0.2) is 0 Å². The standard InChI is InChI=1S/C21H36O/c1-5-20(3,4)19(22)17-12-18(17)21(6-2)15-8-13-7-14(10-15)11-16(21)9-13/h13-19,22H,5-12H2,1-4H3/t13?,14?,15?,16?,17?,18-,19?,21?/m1/s1. The average Bonchev–Trinajstić information content (AvgIpc) is 3.27. The van der Waals surface area contributed by atoms with Crippen molar-refractivity contribution < 1.29 is 5.11 Å². The van der Waals surface area contributed by atoms with Crippen molar-refractivity contribution in [2.45, 2.75) is 85.2 Å². The van der Waals surface area contributed by atoms with Crippen LogP contribution in [0, 0.1) is 46.3 Å². The van der Waals surface area contributed by atoms with Crippen molar-refractivity contribution in [2.24, 2.45) is 46.3 Å². The molecule has 5 aliphatic carbocycles. The number of aliphatic hydroxyl groups is 1. The lowest BCUT2D eigenvalue weighted by Crippen LogP contribution is -2.54. The minimum Gasteiger partial charge on any atom is -0.392 e. The lowest BCUT2D eigenvalue weighted by Gasteiger charge is -2.62. The Balaban J connectivity index is 1.57. The topological polar surface area (TPSA) is 20.2 Å². The van der Waals surface area contributed by atoms with Crippen LogP contribution in [0.4, 0.5) is 0 Å². The summed E-state index contributed by atoms with van der Waals surface area (Å²) in [5.41, 5.74) is 0.711. The van der Waals surface area contributed by atoms with Crippen LogP contribution in [0.3, 0.4) is 0 Å². The molecule has 1 nitrogen and oxygen atoms in total. The highest BCUT2D eigenvalue weighted by Gasteiger charge is 2.65. The predicted octanol–water partition coefficient (Wildman–Crippen LogP) is 5.27. The number of rotatable bonds is 5. The molecule has 0 aromatic rings. The molecule has 0 aliphatic heterocycles. The van der Waals surface area contributed by atoms with Crippen LogP contribution in [0.2, 0.25) is 0 Å². The van der Waals surface area contributed by atoms with Crippen molar-refractivity contribution in [3.8, 4) is 0 Å². The van der Waals surface area contributed by atoms with Gasteiger partial charge in [0.25, 0.3) is 0 Å². The van der Waals surface area contributed by atoms with E-state index in [2.05, 4.69) is 27.7 Å². The zero-order valence-electron chi connectivity index (χ0n) is 15.1. The van der Waals surface area contributed by atoms with Crippen LogP contribution in [0.1, 0.15) is 79.1 Å². The Kier molecular flexibility index (Phi) is 3.50. The number of aliphatic hydroxyl groups excluding tert-OH is 1. The summed E-state index contributed by atoms with van der Waals surface area (Å²) in [6.45, 7) is 9.24. The zero-order chi connectivity index (χ0) is 15.7. The fourth-order valence-corrected chi connectivity index (χ4v) is 7.48. The summed E-state index contributed by atoms with van der Waals surface area (Å²) >= 11 is 0. The van der Waals surface area contributed by atoms with Gasteiger partial charge in [-0.05, 0) is 97.7 Å². The summed E-state index contributed by atoms with van der Waals surface area (Å²) < 4.78 is 0. The third kappa shape index (κ3) is 2.00. The molecular formula is C21H36O. The van der Waals surface area contributed by atoms with Gasteiger partial charge in [0.15, 0.2) is 0 Å². The second-order valence-corrected chi connectivity index (χ2v) is 10.1. The van der Waals surface area contributed by atoms with E-state index in [1.54, 1.807) is 6.42 Å². The normalized spacial score (nSPS) is 51.1. The highest BCUT2D eigenvalue weighted by molar-refractivity contribution is 5.14. The van der Waals surface area contributed by atoms with Crippen LogP contribution in [0.25, 0.3) is 0 Å². The molecule has 4 bridgehead atoms. The largest absolute Gasteiger partial charge is 0.392 e. The van der Waals surface area contributed by atoms with Crippen LogP contribution in [-0.4, -0.2) is 11.2 Å². The molecule has 0 radical (unpaired) electrons. The zero-order valence-corrected chi connectivity index (χ0v) is 15.1. The Hall–Kier alpha value is -0.0400. The Bertz CT molecular complexity index is 409. The SMILES string of the molecule is CCC(C)(C)C(O)C1C[C@H]1C1(CC)C2CC3CC(C2)CC1C3. The quantitative estimate of drug-likeness (QED) is 0.733. The summed E-state index contributed by atoms with van der Waals surface area (Å²) in [5, 5.41) is 11.0. The van der Waals surface area contributed by atoms with E-state index < -0.39 is 0 Å². The molecule has 22 heavy (non-hydrogen) atoms. The molecule has 0 aromatic carbocycles. The molecule has 0 saturated heterocycles. The number of hydrogen-bond acceptors (Lipinski definition) is 1. The van der Waals surface area contributed by atoms with E-state index in [1.165, 1.54) is 38.5 Å². The summed E-state index contributed by atoms with van der Waals surface area (Å²) in [7, 11) is 0. The van der Waals surface area contributed by atoms with Gasteiger partial charge in [-0.2, -0.15) is 0 Å². The molecular weight excluding hydrogens is 268 g/mol. The summed E-state index contributed by atoms with van der Waals surface area (Å²) in [6, 6.07) is 0. The summed E-state index contributed by atoms with van der Waals surface area (Å²) in [4.78, 5) is 0. The van der Waals surface area contributed by atoms with Crippen LogP contribution in [0.5, 0.6) is 0 Å². The van der Waals surface area contributed by atoms with Gasteiger partial charge in [0.2, 0.25) is 0 Å². The molecule has 0 spiro atoms. The van der Waals surface area contributed by atoms with Gasteiger partial charge in [-0.1, -0.05) is 27.7 Å². The minimum absolute atomic E-state index is 0.0805. The van der Waals surface area contributed by atoms with Crippen molar-refractivity contribution in [1.29, 1.82) is 0 Å². The molecule has 126 valence electrons. The Morgan fingerprint density at radius 1 is 0.955 bits per heavy atom. The molecule has 0 amide bonds. The van der Waals surface area contributed by atoms with E-state index in [0.717, 1.165) is 36.0 Å². The fourth-order valence-electron chi connectivity index (χ4n) is 7.48. The van der Waals surface area contributed by atoms with Gasteiger partial charge < -0.3 is 5.11 Å².